The third kappa shape index (κ3) is 3.08. The Morgan fingerprint density at radius 1 is 1.00 bits per heavy atom. The van der Waals surface area contributed by atoms with Crippen LogP contribution in [0.4, 0.5) is 5.69 Å². The lowest BCUT2D eigenvalue weighted by Gasteiger charge is -2.17. The largest absolute Gasteiger partial charge is 0.377 e. The molecule has 0 aliphatic rings. The fraction of sp³-hybridized carbons (Fsp3) is 0.154. The Kier molecular flexibility index (Phi) is 4.33. The van der Waals surface area contributed by atoms with Gasteiger partial charge in [-0.1, -0.05) is 34.8 Å². The van der Waals surface area contributed by atoms with Crippen molar-refractivity contribution in [3.63, 3.8) is 0 Å². The van der Waals surface area contributed by atoms with Crippen molar-refractivity contribution in [1.29, 1.82) is 0 Å². The molecule has 2 aromatic rings. The van der Waals surface area contributed by atoms with E-state index in [9.17, 15) is 0 Å². The highest BCUT2D eigenvalue weighted by molar-refractivity contribution is 6.44. The van der Waals surface area contributed by atoms with E-state index >= 15 is 0 Å². The van der Waals surface area contributed by atoms with Gasteiger partial charge in [0.15, 0.2) is 0 Å². The van der Waals surface area contributed by atoms with Gasteiger partial charge in [0.2, 0.25) is 0 Å². The predicted octanol–water partition coefficient (Wildman–Crippen LogP) is 5.21. The summed E-state index contributed by atoms with van der Waals surface area (Å²) >= 11 is 18.0. The quantitative estimate of drug-likeness (QED) is 0.787. The standard InChI is InChI=1S/C13H11Cl3N2/c1-8(9-2-4-17-5-3-9)18-13-7-11(15)10(14)6-12(13)16/h2-8,18H,1H3. The number of aromatic nitrogens is 1. The number of pyridine rings is 1. The number of nitrogens with one attached hydrogen (secondary N) is 1. The molecular formula is C13H11Cl3N2. The fourth-order valence-corrected chi connectivity index (χ4v) is 2.20. The third-order valence-electron chi connectivity index (χ3n) is 2.59. The molecule has 0 bridgehead atoms. The van der Waals surface area contributed by atoms with Crippen molar-refractivity contribution in [3.05, 3.63) is 57.3 Å². The smallest absolute Gasteiger partial charge is 0.0653 e. The van der Waals surface area contributed by atoms with Crippen molar-refractivity contribution in [2.75, 3.05) is 5.32 Å². The monoisotopic (exact) mass is 300 g/mol. The molecule has 0 spiro atoms. The van der Waals surface area contributed by atoms with Gasteiger partial charge in [0.05, 0.1) is 20.8 Å². The van der Waals surface area contributed by atoms with E-state index in [1.54, 1.807) is 24.5 Å². The Balaban J connectivity index is 2.22. The van der Waals surface area contributed by atoms with Crippen LogP contribution in [-0.4, -0.2) is 4.98 Å². The van der Waals surface area contributed by atoms with E-state index in [-0.39, 0.29) is 6.04 Å². The summed E-state index contributed by atoms with van der Waals surface area (Å²) in [7, 11) is 0. The van der Waals surface area contributed by atoms with Crippen LogP contribution in [0.5, 0.6) is 0 Å². The van der Waals surface area contributed by atoms with Gasteiger partial charge in [-0.05, 0) is 36.8 Å². The molecule has 18 heavy (non-hydrogen) atoms. The number of benzene rings is 1. The second-order valence-electron chi connectivity index (χ2n) is 3.89. The van der Waals surface area contributed by atoms with Crippen LogP contribution in [0.3, 0.4) is 0 Å². The maximum atomic E-state index is 6.12. The van der Waals surface area contributed by atoms with Crippen LogP contribution in [0, 0.1) is 0 Å². The van der Waals surface area contributed by atoms with Crippen molar-refractivity contribution >= 4 is 40.5 Å². The van der Waals surface area contributed by atoms with E-state index in [4.69, 9.17) is 34.8 Å². The number of hydrogen-bond acceptors (Lipinski definition) is 2. The molecule has 1 heterocycles. The molecule has 1 unspecified atom stereocenters. The molecule has 0 fully saturated rings. The molecule has 1 atom stereocenters. The van der Waals surface area contributed by atoms with Crippen molar-refractivity contribution in [2.24, 2.45) is 0 Å². The minimum Gasteiger partial charge on any atom is -0.377 e. The highest BCUT2D eigenvalue weighted by Gasteiger charge is 2.10. The number of hydrogen-bond donors (Lipinski definition) is 1. The molecule has 2 nitrogen and oxygen atoms in total. The van der Waals surface area contributed by atoms with Gasteiger partial charge in [-0.25, -0.2) is 0 Å². The molecule has 5 heteroatoms. The van der Waals surface area contributed by atoms with Gasteiger partial charge >= 0.3 is 0 Å². The first-order chi connectivity index (χ1) is 8.58. The first-order valence-electron chi connectivity index (χ1n) is 5.39. The van der Waals surface area contributed by atoms with Gasteiger partial charge in [0.25, 0.3) is 0 Å². The van der Waals surface area contributed by atoms with Crippen molar-refractivity contribution in [1.82, 2.24) is 4.98 Å². The lowest BCUT2D eigenvalue weighted by atomic mass is 10.1. The summed E-state index contributed by atoms with van der Waals surface area (Å²) in [6.45, 7) is 2.04. The Morgan fingerprint density at radius 2 is 1.61 bits per heavy atom. The zero-order chi connectivity index (χ0) is 13.1. The van der Waals surface area contributed by atoms with Crippen LogP contribution in [0.1, 0.15) is 18.5 Å². The van der Waals surface area contributed by atoms with Crippen molar-refractivity contribution in [2.45, 2.75) is 13.0 Å². The third-order valence-corrected chi connectivity index (χ3v) is 3.62. The Morgan fingerprint density at radius 3 is 2.28 bits per heavy atom. The van der Waals surface area contributed by atoms with Crippen LogP contribution in [0.2, 0.25) is 15.1 Å². The molecular weight excluding hydrogens is 291 g/mol. The van der Waals surface area contributed by atoms with E-state index < -0.39 is 0 Å². The fourth-order valence-electron chi connectivity index (χ4n) is 1.60. The first kappa shape index (κ1) is 13.5. The molecule has 1 aromatic heterocycles. The minimum atomic E-state index is 0.0998. The average Bonchev–Trinajstić information content (AvgIpc) is 2.37. The Bertz CT molecular complexity index is 543. The molecule has 2 rings (SSSR count). The summed E-state index contributed by atoms with van der Waals surface area (Å²) < 4.78 is 0. The van der Waals surface area contributed by atoms with E-state index in [2.05, 4.69) is 10.3 Å². The maximum absolute atomic E-state index is 6.12. The summed E-state index contributed by atoms with van der Waals surface area (Å²) in [6.07, 6.45) is 3.51. The highest BCUT2D eigenvalue weighted by atomic mass is 35.5. The predicted molar refractivity (Wildman–Crippen MR) is 77.7 cm³/mol. The summed E-state index contributed by atoms with van der Waals surface area (Å²) in [5.74, 6) is 0. The number of rotatable bonds is 3. The summed E-state index contributed by atoms with van der Waals surface area (Å²) in [6, 6.07) is 7.35. The molecule has 0 aliphatic carbocycles. The van der Waals surface area contributed by atoms with Gasteiger partial charge in [-0.2, -0.15) is 0 Å². The second-order valence-corrected chi connectivity index (χ2v) is 5.11. The van der Waals surface area contributed by atoms with E-state index in [1.807, 2.05) is 19.1 Å². The second kappa shape index (κ2) is 5.79. The molecule has 1 N–H and O–H groups in total. The van der Waals surface area contributed by atoms with Crippen LogP contribution in [0.25, 0.3) is 0 Å². The minimum absolute atomic E-state index is 0.0998. The van der Waals surface area contributed by atoms with E-state index in [0.717, 1.165) is 11.3 Å². The van der Waals surface area contributed by atoms with E-state index in [0.29, 0.717) is 15.1 Å². The highest BCUT2D eigenvalue weighted by Crippen LogP contribution is 2.33. The number of nitrogens with zero attached hydrogens (tertiary/aromatic N) is 1. The molecule has 0 amide bonds. The molecule has 1 aromatic carbocycles. The van der Waals surface area contributed by atoms with Gasteiger partial charge < -0.3 is 5.32 Å². The Hall–Kier alpha value is -0.960. The first-order valence-corrected chi connectivity index (χ1v) is 6.52. The number of halogens is 3. The van der Waals surface area contributed by atoms with Crippen molar-refractivity contribution < 1.29 is 0 Å². The zero-order valence-corrected chi connectivity index (χ0v) is 11.9. The van der Waals surface area contributed by atoms with Gasteiger partial charge in [-0.15, -0.1) is 0 Å². The van der Waals surface area contributed by atoms with Crippen LogP contribution >= 0.6 is 34.8 Å². The normalized spacial score (nSPS) is 12.2. The van der Waals surface area contributed by atoms with Gasteiger partial charge in [0, 0.05) is 18.4 Å². The number of anilines is 1. The zero-order valence-electron chi connectivity index (χ0n) is 9.62. The molecule has 0 aliphatic heterocycles. The van der Waals surface area contributed by atoms with Crippen LogP contribution in [0.15, 0.2) is 36.7 Å². The molecule has 94 valence electrons. The van der Waals surface area contributed by atoms with Crippen LogP contribution < -0.4 is 5.32 Å². The van der Waals surface area contributed by atoms with Crippen molar-refractivity contribution in [3.8, 4) is 0 Å². The SMILES string of the molecule is CC(Nc1cc(Cl)c(Cl)cc1Cl)c1ccncc1. The average molecular weight is 302 g/mol. The molecule has 0 radical (unpaired) electrons. The van der Waals surface area contributed by atoms with Gasteiger partial charge in [0.1, 0.15) is 0 Å². The lowest BCUT2D eigenvalue weighted by molar-refractivity contribution is 0.881. The van der Waals surface area contributed by atoms with Gasteiger partial charge in [-0.3, -0.25) is 4.98 Å². The Labute approximate surface area is 121 Å². The summed E-state index contributed by atoms with van der Waals surface area (Å²) in [5, 5.41) is 4.76. The molecule has 0 saturated heterocycles. The summed E-state index contributed by atoms with van der Waals surface area (Å²) in [5.41, 5.74) is 1.88. The maximum Gasteiger partial charge on any atom is 0.0653 e. The summed E-state index contributed by atoms with van der Waals surface area (Å²) in [4.78, 5) is 3.99. The van der Waals surface area contributed by atoms with Crippen LogP contribution in [-0.2, 0) is 0 Å². The lowest BCUT2D eigenvalue weighted by Crippen LogP contribution is -2.07. The topological polar surface area (TPSA) is 24.9 Å². The molecule has 0 saturated carbocycles. The van der Waals surface area contributed by atoms with E-state index in [1.165, 1.54) is 0 Å².